The monoisotopic (exact) mass is 276 g/mol. The van der Waals surface area contributed by atoms with Gasteiger partial charge in [-0.15, -0.1) is 0 Å². The summed E-state index contributed by atoms with van der Waals surface area (Å²) in [7, 11) is 1.81. The standard InChI is InChI=1S/C15H24N4O/c1-4-5-6-7-8-9-10-19-12(2)17-14-13(15(19)20)11-16-18(14)3/h11H,4-10H2,1-3H3. The van der Waals surface area contributed by atoms with E-state index >= 15 is 0 Å². The molecule has 2 aromatic heterocycles. The molecule has 0 bridgehead atoms. The van der Waals surface area contributed by atoms with Gasteiger partial charge < -0.3 is 0 Å². The van der Waals surface area contributed by atoms with E-state index in [4.69, 9.17) is 0 Å². The van der Waals surface area contributed by atoms with Crippen molar-refractivity contribution in [2.45, 2.75) is 58.9 Å². The van der Waals surface area contributed by atoms with Gasteiger partial charge in [0.15, 0.2) is 5.65 Å². The highest BCUT2D eigenvalue weighted by Gasteiger charge is 2.10. The third kappa shape index (κ3) is 3.08. The van der Waals surface area contributed by atoms with E-state index in [9.17, 15) is 4.79 Å². The molecule has 0 fully saturated rings. The fourth-order valence-electron chi connectivity index (χ4n) is 2.53. The molecule has 2 aromatic rings. The summed E-state index contributed by atoms with van der Waals surface area (Å²) in [5, 5.41) is 4.72. The minimum Gasteiger partial charge on any atom is -0.296 e. The Bertz CT molecular complexity index is 627. The van der Waals surface area contributed by atoms with E-state index < -0.39 is 0 Å². The zero-order valence-corrected chi connectivity index (χ0v) is 12.7. The molecule has 0 aliphatic rings. The highest BCUT2D eigenvalue weighted by atomic mass is 16.1. The van der Waals surface area contributed by atoms with Gasteiger partial charge in [-0.25, -0.2) is 4.98 Å². The predicted octanol–water partition coefficient (Wildman–Crippen LogP) is 2.80. The minimum absolute atomic E-state index is 0.0363. The van der Waals surface area contributed by atoms with E-state index in [-0.39, 0.29) is 5.56 Å². The summed E-state index contributed by atoms with van der Waals surface area (Å²) in [6, 6.07) is 0. The van der Waals surface area contributed by atoms with Crippen LogP contribution in [0, 0.1) is 6.92 Å². The second-order valence-electron chi connectivity index (χ2n) is 5.39. The Morgan fingerprint density at radius 3 is 2.60 bits per heavy atom. The molecule has 0 saturated heterocycles. The first-order valence-electron chi connectivity index (χ1n) is 7.54. The van der Waals surface area contributed by atoms with Crippen molar-refractivity contribution in [3.63, 3.8) is 0 Å². The molecule has 0 saturated carbocycles. The largest absolute Gasteiger partial charge is 0.296 e. The van der Waals surface area contributed by atoms with Crippen molar-refractivity contribution in [1.29, 1.82) is 0 Å². The molecule has 0 unspecified atom stereocenters. The highest BCUT2D eigenvalue weighted by Crippen LogP contribution is 2.09. The number of rotatable bonds is 7. The molecule has 0 aliphatic carbocycles. The maximum absolute atomic E-state index is 12.4. The van der Waals surface area contributed by atoms with Crippen LogP contribution in [0.15, 0.2) is 11.0 Å². The van der Waals surface area contributed by atoms with E-state index in [1.54, 1.807) is 15.4 Å². The van der Waals surface area contributed by atoms with Crippen LogP contribution in [0.4, 0.5) is 0 Å². The second kappa shape index (κ2) is 6.68. The average Bonchev–Trinajstić information content (AvgIpc) is 2.79. The van der Waals surface area contributed by atoms with E-state index in [1.165, 1.54) is 32.1 Å². The molecule has 0 spiro atoms. The number of nitrogens with zero attached hydrogens (tertiary/aromatic N) is 4. The van der Waals surface area contributed by atoms with Crippen LogP contribution >= 0.6 is 0 Å². The van der Waals surface area contributed by atoms with Crippen LogP contribution < -0.4 is 5.56 Å². The first-order chi connectivity index (χ1) is 9.65. The smallest absolute Gasteiger partial charge is 0.264 e. The second-order valence-corrected chi connectivity index (χ2v) is 5.39. The Hall–Kier alpha value is -1.65. The van der Waals surface area contributed by atoms with Gasteiger partial charge in [-0.3, -0.25) is 14.0 Å². The van der Waals surface area contributed by atoms with E-state index in [0.29, 0.717) is 11.0 Å². The van der Waals surface area contributed by atoms with Crippen LogP contribution in [0.2, 0.25) is 0 Å². The van der Waals surface area contributed by atoms with Gasteiger partial charge >= 0.3 is 0 Å². The van der Waals surface area contributed by atoms with Crippen molar-refractivity contribution >= 4 is 11.0 Å². The number of aromatic nitrogens is 4. The third-order valence-electron chi connectivity index (χ3n) is 3.78. The van der Waals surface area contributed by atoms with Crippen molar-refractivity contribution in [1.82, 2.24) is 19.3 Å². The van der Waals surface area contributed by atoms with Crippen LogP contribution in [-0.2, 0) is 13.6 Å². The van der Waals surface area contributed by atoms with E-state index in [1.807, 2.05) is 14.0 Å². The van der Waals surface area contributed by atoms with Gasteiger partial charge in [0.1, 0.15) is 11.2 Å². The maximum Gasteiger partial charge on any atom is 0.264 e. The molecule has 0 amide bonds. The topological polar surface area (TPSA) is 52.7 Å². The number of unbranched alkanes of at least 4 members (excludes halogenated alkanes) is 5. The van der Waals surface area contributed by atoms with E-state index in [0.717, 1.165) is 18.8 Å². The van der Waals surface area contributed by atoms with Crippen molar-refractivity contribution in [2.24, 2.45) is 7.05 Å². The number of hydrogen-bond acceptors (Lipinski definition) is 3. The minimum atomic E-state index is 0.0363. The summed E-state index contributed by atoms with van der Waals surface area (Å²) in [6.45, 7) is 4.87. The lowest BCUT2D eigenvalue weighted by Gasteiger charge is -2.09. The lowest BCUT2D eigenvalue weighted by atomic mass is 10.1. The Morgan fingerprint density at radius 1 is 1.15 bits per heavy atom. The molecule has 2 heterocycles. The third-order valence-corrected chi connectivity index (χ3v) is 3.78. The first-order valence-corrected chi connectivity index (χ1v) is 7.54. The van der Waals surface area contributed by atoms with Crippen molar-refractivity contribution in [3.8, 4) is 0 Å². The molecule has 0 radical (unpaired) electrons. The fourth-order valence-corrected chi connectivity index (χ4v) is 2.53. The fraction of sp³-hybridized carbons (Fsp3) is 0.667. The van der Waals surface area contributed by atoms with Gasteiger partial charge in [0.2, 0.25) is 0 Å². The van der Waals surface area contributed by atoms with Crippen molar-refractivity contribution in [2.75, 3.05) is 0 Å². The van der Waals surface area contributed by atoms with Gasteiger partial charge in [-0.1, -0.05) is 39.0 Å². The Balaban J connectivity index is 2.05. The quantitative estimate of drug-likeness (QED) is 0.731. The molecule has 0 aromatic carbocycles. The summed E-state index contributed by atoms with van der Waals surface area (Å²) in [6.07, 6.45) is 8.95. The normalized spacial score (nSPS) is 11.3. The number of hydrogen-bond donors (Lipinski definition) is 0. The summed E-state index contributed by atoms with van der Waals surface area (Å²) in [4.78, 5) is 16.9. The molecular formula is C15H24N4O. The summed E-state index contributed by atoms with van der Waals surface area (Å²) < 4.78 is 3.43. The zero-order chi connectivity index (χ0) is 14.5. The van der Waals surface area contributed by atoms with Crippen LogP contribution in [0.5, 0.6) is 0 Å². The van der Waals surface area contributed by atoms with Crippen LogP contribution in [0.25, 0.3) is 11.0 Å². The highest BCUT2D eigenvalue weighted by molar-refractivity contribution is 5.73. The van der Waals surface area contributed by atoms with E-state index in [2.05, 4.69) is 17.0 Å². The predicted molar refractivity (Wildman–Crippen MR) is 80.9 cm³/mol. The lowest BCUT2D eigenvalue weighted by molar-refractivity contribution is 0.539. The Kier molecular flexibility index (Phi) is 4.93. The van der Waals surface area contributed by atoms with Crippen LogP contribution in [0.3, 0.4) is 0 Å². The summed E-state index contributed by atoms with van der Waals surface area (Å²) in [5.74, 6) is 0.777. The van der Waals surface area contributed by atoms with Gasteiger partial charge in [0.25, 0.3) is 5.56 Å². The zero-order valence-electron chi connectivity index (χ0n) is 12.7. The Labute approximate surface area is 119 Å². The molecule has 5 heteroatoms. The van der Waals surface area contributed by atoms with Crippen molar-refractivity contribution < 1.29 is 0 Å². The van der Waals surface area contributed by atoms with Crippen LogP contribution in [0.1, 0.15) is 51.3 Å². The lowest BCUT2D eigenvalue weighted by Crippen LogP contribution is -2.24. The maximum atomic E-state index is 12.4. The average molecular weight is 276 g/mol. The molecule has 5 nitrogen and oxygen atoms in total. The molecule has 20 heavy (non-hydrogen) atoms. The summed E-state index contributed by atoms with van der Waals surface area (Å²) >= 11 is 0. The Morgan fingerprint density at radius 2 is 1.85 bits per heavy atom. The first kappa shape index (κ1) is 14.8. The molecule has 0 N–H and O–H groups in total. The van der Waals surface area contributed by atoms with Gasteiger partial charge in [-0.2, -0.15) is 5.10 Å². The van der Waals surface area contributed by atoms with Gasteiger partial charge in [-0.05, 0) is 13.3 Å². The SMILES string of the molecule is CCCCCCCCn1c(C)nc2c(cnn2C)c1=O. The van der Waals surface area contributed by atoms with Crippen LogP contribution in [-0.4, -0.2) is 19.3 Å². The molecule has 2 rings (SSSR count). The number of aryl methyl sites for hydroxylation is 2. The molecule has 0 atom stereocenters. The van der Waals surface area contributed by atoms with Gasteiger partial charge in [0.05, 0.1) is 6.20 Å². The molecule has 110 valence electrons. The number of fused-ring (bicyclic) bond motifs is 1. The van der Waals surface area contributed by atoms with Crippen molar-refractivity contribution in [3.05, 3.63) is 22.4 Å². The van der Waals surface area contributed by atoms with Gasteiger partial charge in [0, 0.05) is 13.6 Å². The molecular weight excluding hydrogens is 252 g/mol. The molecule has 0 aliphatic heterocycles. The summed E-state index contributed by atoms with van der Waals surface area (Å²) in [5.41, 5.74) is 0.709.